The highest BCUT2D eigenvalue weighted by atomic mass is 16.5. The minimum absolute atomic E-state index is 0.0260. The normalized spacial score (nSPS) is 24.0. The fourth-order valence-electron chi connectivity index (χ4n) is 3.96. The molecule has 0 bridgehead atoms. The van der Waals surface area contributed by atoms with Crippen LogP contribution < -0.4 is 5.32 Å². The number of hydrogen-bond acceptors (Lipinski definition) is 3. The standard InChI is InChI=1S/C20H30N2O2/c1-2-19(17-6-4-3-5-7-17)20(23)21-14-16-8-11-22(12-9-16)18-10-13-24-15-18/h3-7,16,18-19H,2,8-15H2,1H3,(H,21,23). The molecule has 2 unspecified atom stereocenters. The molecule has 2 atom stereocenters. The maximum absolute atomic E-state index is 12.6. The number of piperidine rings is 1. The molecule has 2 fully saturated rings. The number of ether oxygens (including phenoxy) is 1. The zero-order valence-corrected chi connectivity index (χ0v) is 14.7. The van der Waals surface area contributed by atoms with Crippen LogP contribution in [0.3, 0.4) is 0 Å². The van der Waals surface area contributed by atoms with Gasteiger partial charge in [-0.25, -0.2) is 0 Å². The van der Waals surface area contributed by atoms with Gasteiger partial charge in [-0.1, -0.05) is 37.3 Å². The minimum atomic E-state index is -0.0260. The number of nitrogens with one attached hydrogen (secondary N) is 1. The summed E-state index contributed by atoms with van der Waals surface area (Å²) in [5.41, 5.74) is 1.12. The van der Waals surface area contributed by atoms with E-state index in [4.69, 9.17) is 4.74 Å². The van der Waals surface area contributed by atoms with E-state index in [1.54, 1.807) is 0 Å². The van der Waals surface area contributed by atoms with E-state index in [0.717, 1.165) is 44.8 Å². The Labute approximate surface area is 145 Å². The number of rotatable bonds is 6. The second-order valence-corrected chi connectivity index (χ2v) is 7.11. The summed E-state index contributed by atoms with van der Waals surface area (Å²) in [4.78, 5) is 15.1. The molecule has 0 radical (unpaired) electrons. The molecule has 0 saturated carbocycles. The Morgan fingerprint density at radius 1 is 1.25 bits per heavy atom. The highest BCUT2D eigenvalue weighted by molar-refractivity contribution is 5.83. The van der Waals surface area contributed by atoms with Crippen LogP contribution in [0.4, 0.5) is 0 Å². The van der Waals surface area contributed by atoms with Gasteiger partial charge in [0.25, 0.3) is 0 Å². The average molecular weight is 330 g/mol. The molecule has 2 saturated heterocycles. The number of hydrogen-bond donors (Lipinski definition) is 1. The van der Waals surface area contributed by atoms with Gasteiger partial charge < -0.3 is 10.1 Å². The third-order valence-electron chi connectivity index (χ3n) is 5.56. The van der Waals surface area contributed by atoms with E-state index in [0.29, 0.717) is 12.0 Å². The van der Waals surface area contributed by atoms with E-state index >= 15 is 0 Å². The van der Waals surface area contributed by atoms with Crippen LogP contribution in [0.2, 0.25) is 0 Å². The molecule has 4 heteroatoms. The molecule has 1 N–H and O–H groups in total. The lowest BCUT2D eigenvalue weighted by Gasteiger charge is -2.35. The summed E-state index contributed by atoms with van der Waals surface area (Å²) in [7, 11) is 0. The first kappa shape index (κ1) is 17.4. The van der Waals surface area contributed by atoms with Crippen molar-refractivity contribution in [2.45, 2.75) is 44.6 Å². The van der Waals surface area contributed by atoms with E-state index < -0.39 is 0 Å². The second-order valence-electron chi connectivity index (χ2n) is 7.11. The molecule has 0 spiro atoms. The van der Waals surface area contributed by atoms with Crippen molar-refractivity contribution in [1.29, 1.82) is 0 Å². The third-order valence-corrected chi connectivity index (χ3v) is 5.56. The summed E-state index contributed by atoms with van der Waals surface area (Å²) >= 11 is 0. The highest BCUT2D eigenvalue weighted by Gasteiger charge is 2.28. The van der Waals surface area contributed by atoms with Gasteiger partial charge in [-0.3, -0.25) is 9.69 Å². The average Bonchev–Trinajstić information content (AvgIpc) is 3.17. The van der Waals surface area contributed by atoms with Crippen molar-refractivity contribution in [3.8, 4) is 0 Å². The highest BCUT2D eigenvalue weighted by Crippen LogP contribution is 2.23. The molecule has 2 aliphatic rings. The van der Waals surface area contributed by atoms with Gasteiger partial charge in [-0.05, 0) is 50.3 Å². The van der Waals surface area contributed by atoms with Crippen molar-refractivity contribution in [2.24, 2.45) is 5.92 Å². The fourth-order valence-corrected chi connectivity index (χ4v) is 3.96. The van der Waals surface area contributed by atoms with Crippen LogP contribution in [0.25, 0.3) is 0 Å². The largest absolute Gasteiger partial charge is 0.380 e. The molecule has 2 aliphatic heterocycles. The van der Waals surface area contributed by atoms with Crippen molar-refractivity contribution in [1.82, 2.24) is 10.2 Å². The van der Waals surface area contributed by atoms with Gasteiger partial charge in [-0.15, -0.1) is 0 Å². The predicted molar refractivity (Wildman–Crippen MR) is 96.0 cm³/mol. The minimum Gasteiger partial charge on any atom is -0.380 e. The maximum Gasteiger partial charge on any atom is 0.227 e. The molecule has 1 aromatic rings. The molecule has 1 aromatic carbocycles. The summed E-state index contributed by atoms with van der Waals surface area (Å²) in [6.45, 7) is 7.00. The summed E-state index contributed by atoms with van der Waals surface area (Å²) in [5, 5.41) is 3.20. The number of nitrogens with zero attached hydrogens (tertiary/aromatic N) is 1. The Morgan fingerprint density at radius 3 is 2.62 bits per heavy atom. The van der Waals surface area contributed by atoms with Crippen molar-refractivity contribution in [2.75, 3.05) is 32.8 Å². The molecule has 3 rings (SSSR count). The smallest absolute Gasteiger partial charge is 0.227 e. The number of carbonyl (C=O) groups excluding carboxylic acids is 1. The Kier molecular flexibility index (Phi) is 6.27. The fraction of sp³-hybridized carbons (Fsp3) is 0.650. The van der Waals surface area contributed by atoms with Crippen LogP contribution >= 0.6 is 0 Å². The van der Waals surface area contributed by atoms with Crippen LogP contribution in [0.1, 0.15) is 44.1 Å². The third kappa shape index (κ3) is 4.37. The molecule has 4 nitrogen and oxygen atoms in total. The van der Waals surface area contributed by atoms with Crippen LogP contribution in [-0.4, -0.2) is 49.7 Å². The first-order chi connectivity index (χ1) is 11.8. The number of likely N-dealkylation sites (tertiary alicyclic amines) is 1. The van der Waals surface area contributed by atoms with Crippen LogP contribution in [-0.2, 0) is 9.53 Å². The van der Waals surface area contributed by atoms with Gasteiger partial charge in [0.2, 0.25) is 5.91 Å². The first-order valence-electron chi connectivity index (χ1n) is 9.42. The van der Waals surface area contributed by atoms with E-state index in [9.17, 15) is 4.79 Å². The van der Waals surface area contributed by atoms with Gasteiger partial charge >= 0.3 is 0 Å². The van der Waals surface area contributed by atoms with E-state index in [2.05, 4.69) is 29.3 Å². The van der Waals surface area contributed by atoms with Gasteiger partial charge in [0.05, 0.1) is 12.5 Å². The summed E-state index contributed by atoms with van der Waals surface area (Å²) in [5.74, 6) is 0.762. The molecular formula is C20H30N2O2. The molecule has 2 heterocycles. The van der Waals surface area contributed by atoms with Crippen molar-refractivity contribution in [3.05, 3.63) is 35.9 Å². The summed E-state index contributed by atoms with van der Waals surface area (Å²) in [6.07, 6.45) is 4.38. The van der Waals surface area contributed by atoms with Crippen molar-refractivity contribution in [3.63, 3.8) is 0 Å². The van der Waals surface area contributed by atoms with Crippen LogP contribution in [0.5, 0.6) is 0 Å². The van der Waals surface area contributed by atoms with Gasteiger partial charge in [0, 0.05) is 19.2 Å². The van der Waals surface area contributed by atoms with Crippen molar-refractivity contribution >= 4 is 5.91 Å². The molecule has 0 aromatic heterocycles. The quantitative estimate of drug-likeness (QED) is 0.872. The van der Waals surface area contributed by atoms with E-state index in [1.807, 2.05) is 18.2 Å². The zero-order valence-electron chi connectivity index (χ0n) is 14.7. The molecule has 1 amide bonds. The lowest BCUT2D eigenvalue weighted by molar-refractivity contribution is -0.122. The van der Waals surface area contributed by atoms with E-state index in [1.165, 1.54) is 19.3 Å². The van der Waals surface area contributed by atoms with Gasteiger partial charge in [-0.2, -0.15) is 0 Å². The van der Waals surface area contributed by atoms with Crippen LogP contribution in [0.15, 0.2) is 30.3 Å². The molecular weight excluding hydrogens is 300 g/mol. The Balaban J connectivity index is 1.43. The lowest BCUT2D eigenvalue weighted by atomic mass is 9.93. The number of amides is 1. The Bertz CT molecular complexity index is 506. The molecule has 0 aliphatic carbocycles. The molecule has 24 heavy (non-hydrogen) atoms. The zero-order chi connectivity index (χ0) is 16.8. The summed E-state index contributed by atoms with van der Waals surface area (Å²) in [6, 6.07) is 10.7. The predicted octanol–water partition coefficient (Wildman–Crippen LogP) is 2.80. The molecule has 132 valence electrons. The Hall–Kier alpha value is -1.39. The number of benzene rings is 1. The van der Waals surface area contributed by atoms with E-state index in [-0.39, 0.29) is 11.8 Å². The van der Waals surface area contributed by atoms with Gasteiger partial charge in [0.1, 0.15) is 0 Å². The topological polar surface area (TPSA) is 41.6 Å². The summed E-state index contributed by atoms with van der Waals surface area (Å²) < 4.78 is 5.50. The first-order valence-corrected chi connectivity index (χ1v) is 9.42. The second kappa shape index (κ2) is 8.63. The number of carbonyl (C=O) groups is 1. The maximum atomic E-state index is 12.6. The van der Waals surface area contributed by atoms with Crippen LogP contribution in [0, 0.1) is 5.92 Å². The Morgan fingerprint density at radius 2 is 2.00 bits per heavy atom. The monoisotopic (exact) mass is 330 g/mol. The van der Waals surface area contributed by atoms with Crippen molar-refractivity contribution < 1.29 is 9.53 Å². The lowest BCUT2D eigenvalue weighted by Crippen LogP contribution is -2.44. The SMILES string of the molecule is CCC(C(=O)NCC1CCN(C2CCOC2)CC1)c1ccccc1. The van der Waals surface area contributed by atoms with Gasteiger partial charge in [0.15, 0.2) is 0 Å².